The Labute approximate surface area is 121 Å². The summed E-state index contributed by atoms with van der Waals surface area (Å²) in [5.74, 6) is 0. The van der Waals surface area contributed by atoms with Gasteiger partial charge < -0.3 is 43.3 Å². The van der Waals surface area contributed by atoms with Crippen molar-refractivity contribution >= 4 is 0 Å². The van der Waals surface area contributed by atoms with Gasteiger partial charge in [0.25, 0.3) is 0 Å². The van der Waals surface area contributed by atoms with E-state index < -0.39 is 0 Å². The molecule has 5 aliphatic heterocycles. The topological polar surface area (TPSA) is 25.1 Å². The van der Waals surface area contributed by atoms with E-state index in [2.05, 4.69) is 0 Å². The second-order valence-corrected chi connectivity index (χ2v) is 6.30. The molecule has 6 heteroatoms. The highest BCUT2D eigenvalue weighted by molar-refractivity contribution is 4.75. The molecule has 0 radical (unpaired) electrons. The number of epoxide rings is 2. The molecule has 5 aliphatic rings. The first-order valence-corrected chi connectivity index (χ1v) is 6.71. The van der Waals surface area contributed by atoms with Crippen LogP contribution in [0.15, 0.2) is 0 Å². The number of hydrogen-bond donors (Lipinski definition) is 0. The summed E-state index contributed by atoms with van der Waals surface area (Å²) in [4.78, 5) is 0. The molecule has 0 N–H and O–H groups in total. The van der Waals surface area contributed by atoms with E-state index in [4.69, 9.17) is 9.47 Å². The fourth-order valence-electron chi connectivity index (χ4n) is 3.70. The maximum Gasteiger partial charge on any atom is 0.130 e. The number of piperazine rings is 3. The van der Waals surface area contributed by atoms with E-state index >= 15 is 0 Å². The highest BCUT2D eigenvalue weighted by Gasteiger charge is 2.52. The van der Waals surface area contributed by atoms with Gasteiger partial charge in [-0.15, -0.1) is 0 Å². The van der Waals surface area contributed by atoms with Crippen molar-refractivity contribution < 1.29 is 43.3 Å². The van der Waals surface area contributed by atoms with E-state index in [0.717, 1.165) is 13.2 Å². The molecular weight excluding hydrogens is 275 g/mol. The van der Waals surface area contributed by atoms with Gasteiger partial charge in [0, 0.05) is 0 Å². The summed E-state index contributed by atoms with van der Waals surface area (Å²) in [6.45, 7) is 12.9. The number of nitrogens with zero attached hydrogens (tertiary/aromatic N) is 2. The normalized spacial score (nSPS) is 48.0. The molecule has 4 nitrogen and oxygen atoms in total. The average molecular weight is 297 g/mol. The molecule has 2 bridgehead atoms. The first-order valence-electron chi connectivity index (χ1n) is 6.71. The molecule has 5 fully saturated rings. The van der Waals surface area contributed by atoms with Crippen LogP contribution in [-0.4, -0.2) is 86.7 Å². The van der Waals surface area contributed by atoms with Gasteiger partial charge in [-0.3, -0.25) is 0 Å². The van der Waals surface area contributed by atoms with Crippen molar-refractivity contribution in [2.24, 2.45) is 0 Å². The molecule has 0 aromatic rings. The maximum atomic E-state index is 5.41. The second-order valence-electron chi connectivity index (χ2n) is 6.30. The Morgan fingerprint density at radius 1 is 0.667 bits per heavy atom. The summed E-state index contributed by atoms with van der Waals surface area (Å²) in [5, 5.41) is 0. The highest BCUT2D eigenvalue weighted by Crippen LogP contribution is 2.31. The predicted octanol–water partition coefficient (Wildman–Crippen LogP) is -6.55. The van der Waals surface area contributed by atoms with Gasteiger partial charge in [0.2, 0.25) is 0 Å². The van der Waals surface area contributed by atoms with E-state index in [9.17, 15) is 0 Å². The zero-order valence-corrected chi connectivity index (χ0v) is 12.2. The predicted molar refractivity (Wildman–Crippen MR) is 58.9 cm³/mol. The van der Waals surface area contributed by atoms with E-state index in [1.165, 1.54) is 61.3 Å². The van der Waals surface area contributed by atoms with Crippen molar-refractivity contribution in [2.45, 2.75) is 12.2 Å². The Morgan fingerprint density at radius 3 is 1.17 bits per heavy atom. The van der Waals surface area contributed by atoms with Crippen LogP contribution in [0.4, 0.5) is 0 Å². The number of hydrogen-bond acceptors (Lipinski definition) is 2. The zero-order valence-electron chi connectivity index (χ0n) is 10.7. The lowest BCUT2D eigenvalue weighted by molar-refractivity contribution is -1.08. The Bertz CT molecular complexity index is 254. The Morgan fingerprint density at radius 2 is 0.944 bits per heavy atom. The molecule has 106 valence electrons. The van der Waals surface area contributed by atoms with Gasteiger partial charge in [-0.1, -0.05) is 0 Å². The monoisotopic (exact) mass is 296 g/mol. The summed E-state index contributed by atoms with van der Waals surface area (Å²) in [6.07, 6.45) is 1.20. The molecule has 2 atom stereocenters. The molecule has 5 rings (SSSR count). The average Bonchev–Trinajstić information content (AvgIpc) is 3.18. The summed E-state index contributed by atoms with van der Waals surface area (Å²) in [7, 11) is 0. The number of halogens is 2. The Kier molecular flexibility index (Phi) is 4.18. The molecule has 0 aliphatic carbocycles. The van der Waals surface area contributed by atoms with E-state index in [1.54, 1.807) is 0 Å². The van der Waals surface area contributed by atoms with Gasteiger partial charge in [-0.05, 0) is 0 Å². The second kappa shape index (κ2) is 5.08. The van der Waals surface area contributed by atoms with E-state index in [-0.39, 0.29) is 24.8 Å². The SMILES string of the molecule is C1OC1C[N+]12CC[N+](CC3CO3)(CC1)CC2.[Cl-].[Cl-]. The lowest BCUT2D eigenvalue weighted by atomic mass is 10.1. The standard InChI is InChI=1S/C12H22N2O2.2ClH/c1-2-14(8-12-10-16-12)5-3-13(1,4-6-14)7-11-9-15-11;;/h11-12H,1-10H2;2*1H/q+2;;/p-2. The van der Waals surface area contributed by atoms with Crippen LogP contribution in [0.25, 0.3) is 0 Å². The van der Waals surface area contributed by atoms with Crippen LogP contribution >= 0.6 is 0 Å². The third-order valence-electron chi connectivity index (χ3n) is 5.13. The van der Waals surface area contributed by atoms with E-state index in [1.807, 2.05) is 0 Å². The lowest BCUT2D eigenvalue weighted by Crippen LogP contribution is -3.00. The minimum Gasteiger partial charge on any atom is -1.00 e. The lowest BCUT2D eigenvalue weighted by Gasteiger charge is -2.55. The zero-order chi connectivity index (χ0) is 10.6. The van der Waals surface area contributed by atoms with Crippen molar-refractivity contribution in [2.75, 3.05) is 65.6 Å². The van der Waals surface area contributed by atoms with Gasteiger partial charge in [0.15, 0.2) is 0 Å². The summed E-state index contributed by atoms with van der Waals surface area (Å²) in [5.41, 5.74) is 0. The molecule has 0 amide bonds. The Balaban J connectivity index is 0.000000602. The van der Waals surface area contributed by atoms with Crippen LogP contribution < -0.4 is 24.8 Å². The van der Waals surface area contributed by atoms with Crippen LogP contribution in [-0.2, 0) is 9.47 Å². The van der Waals surface area contributed by atoms with Crippen LogP contribution in [0.5, 0.6) is 0 Å². The molecular formula is C12H22Cl2N2O2. The van der Waals surface area contributed by atoms with Gasteiger partial charge in [-0.25, -0.2) is 0 Å². The Hall–Kier alpha value is 0.420. The fraction of sp³-hybridized carbons (Fsp3) is 1.00. The molecule has 2 unspecified atom stereocenters. The molecule has 18 heavy (non-hydrogen) atoms. The summed E-state index contributed by atoms with van der Waals surface area (Å²) in [6, 6.07) is 0. The molecule has 5 heterocycles. The quantitative estimate of drug-likeness (QED) is 0.381. The summed E-state index contributed by atoms with van der Waals surface area (Å²) < 4.78 is 13.5. The fourth-order valence-corrected chi connectivity index (χ4v) is 3.70. The highest BCUT2D eigenvalue weighted by atomic mass is 35.5. The van der Waals surface area contributed by atoms with Gasteiger partial charge in [-0.2, -0.15) is 0 Å². The number of fused-ring (bicyclic) bond motifs is 3. The third kappa shape index (κ3) is 2.79. The van der Waals surface area contributed by atoms with Crippen molar-refractivity contribution in [1.29, 1.82) is 0 Å². The number of rotatable bonds is 4. The minimum atomic E-state index is 0. The van der Waals surface area contributed by atoms with Crippen LogP contribution in [0.3, 0.4) is 0 Å². The van der Waals surface area contributed by atoms with Gasteiger partial charge in [0.1, 0.15) is 64.6 Å². The number of quaternary nitrogens is 2. The van der Waals surface area contributed by atoms with Crippen LogP contribution in [0.2, 0.25) is 0 Å². The smallest absolute Gasteiger partial charge is 0.130 e. The molecule has 0 aromatic carbocycles. The largest absolute Gasteiger partial charge is 1.00 e. The molecule has 5 saturated heterocycles. The molecule has 0 saturated carbocycles. The summed E-state index contributed by atoms with van der Waals surface area (Å²) >= 11 is 0. The van der Waals surface area contributed by atoms with Crippen LogP contribution in [0.1, 0.15) is 0 Å². The van der Waals surface area contributed by atoms with E-state index in [0.29, 0.717) is 12.2 Å². The molecule has 0 spiro atoms. The van der Waals surface area contributed by atoms with Gasteiger partial charge in [0.05, 0.1) is 13.2 Å². The maximum absolute atomic E-state index is 5.41. The third-order valence-corrected chi connectivity index (χ3v) is 5.13. The van der Waals surface area contributed by atoms with Gasteiger partial charge >= 0.3 is 0 Å². The minimum absolute atomic E-state index is 0. The van der Waals surface area contributed by atoms with Crippen molar-refractivity contribution in [1.82, 2.24) is 0 Å². The number of ether oxygens (including phenoxy) is 2. The first kappa shape index (κ1) is 14.8. The first-order chi connectivity index (χ1) is 7.78. The molecule has 0 aromatic heterocycles. The van der Waals surface area contributed by atoms with Crippen molar-refractivity contribution in [3.8, 4) is 0 Å². The van der Waals surface area contributed by atoms with Crippen molar-refractivity contribution in [3.63, 3.8) is 0 Å². The van der Waals surface area contributed by atoms with Crippen molar-refractivity contribution in [3.05, 3.63) is 0 Å². The van der Waals surface area contributed by atoms with Crippen LogP contribution in [0, 0.1) is 0 Å².